The molecule has 1 rings (SSSR count). The predicted molar refractivity (Wildman–Crippen MR) is 79.8 cm³/mol. The standard InChI is InChI=1S/C14H22N4O3/c1-3-16-13(19)10-18(2)7-8-21-12-6-4-5-11(9-12)14(20)17-15/h4-6,9H,3,7-8,10,15H2,1-2H3,(H,16,19)(H,17,20). The quantitative estimate of drug-likeness (QED) is 0.349. The van der Waals surface area contributed by atoms with Crippen molar-refractivity contribution in [3.8, 4) is 5.75 Å². The molecule has 0 heterocycles. The lowest BCUT2D eigenvalue weighted by Crippen LogP contribution is -2.36. The number of rotatable bonds is 8. The number of hydrazine groups is 1. The number of ether oxygens (including phenoxy) is 1. The van der Waals surface area contributed by atoms with Gasteiger partial charge in [-0.3, -0.25) is 19.9 Å². The number of hydrogen-bond acceptors (Lipinski definition) is 5. The second kappa shape index (κ2) is 8.93. The molecule has 0 aliphatic rings. The normalized spacial score (nSPS) is 10.3. The molecule has 4 N–H and O–H groups in total. The highest BCUT2D eigenvalue weighted by Crippen LogP contribution is 2.13. The van der Waals surface area contributed by atoms with Crippen LogP contribution in [0.15, 0.2) is 24.3 Å². The summed E-state index contributed by atoms with van der Waals surface area (Å²) >= 11 is 0. The molecule has 0 saturated heterocycles. The van der Waals surface area contributed by atoms with E-state index in [-0.39, 0.29) is 11.8 Å². The molecule has 0 radical (unpaired) electrons. The Labute approximate surface area is 124 Å². The summed E-state index contributed by atoms with van der Waals surface area (Å²) in [5, 5.41) is 2.73. The molecule has 21 heavy (non-hydrogen) atoms. The van der Waals surface area contributed by atoms with E-state index < -0.39 is 0 Å². The molecule has 116 valence electrons. The third-order valence-corrected chi connectivity index (χ3v) is 2.76. The maximum atomic E-state index is 11.4. The van der Waals surface area contributed by atoms with Gasteiger partial charge in [0.1, 0.15) is 12.4 Å². The number of likely N-dealkylation sites (N-methyl/N-ethyl adjacent to an activating group) is 2. The topological polar surface area (TPSA) is 96.7 Å². The molecule has 0 unspecified atom stereocenters. The Balaban J connectivity index is 2.38. The van der Waals surface area contributed by atoms with Crippen LogP contribution in [-0.4, -0.2) is 50.0 Å². The number of carbonyl (C=O) groups excluding carboxylic acids is 2. The SMILES string of the molecule is CCNC(=O)CN(C)CCOc1cccc(C(=O)NN)c1. The van der Waals surface area contributed by atoms with Crippen molar-refractivity contribution >= 4 is 11.8 Å². The summed E-state index contributed by atoms with van der Waals surface area (Å²) in [7, 11) is 1.84. The number of nitrogens with zero attached hydrogens (tertiary/aromatic N) is 1. The van der Waals surface area contributed by atoms with Crippen LogP contribution in [0.5, 0.6) is 5.75 Å². The molecule has 2 amide bonds. The van der Waals surface area contributed by atoms with Crippen LogP contribution in [0.3, 0.4) is 0 Å². The lowest BCUT2D eigenvalue weighted by atomic mass is 10.2. The molecule has 0 spiro atoms. The van der Waals surface area contributed by atoms with E-state index in [2.05, 4.69) is 10.7 Å². The summed E-state index contributed by atoms with van der Waals surface area (Å²) < 4.78 is 5.56. The Bertz CT molecular complexity index is 479. The van der Waals surface area contributed by atoms with E-state index in [4.69, 9.17) is 10.6 Å². The van der Waals surface area contributed by atoms with E-state index in [1.54, 1.807) is 24.3 Å². The summed E-state index contributed by atoms with van der Waals surface area (Å²) in [5.41, 5.74) is 2.50. The van der Waals surface area contributed by atoms with Gasteiger partial charge in [0.05, 0.1) is 6.54 Å². The highest BCUT2D eigenvalue weighted by Gasteiger charge is 2.07. The van der Waals surface area contributed by atoms with Gasteiger partial charge in [-0.15, -0.1) is 0 Å². The van der Waals surface area contributed by atoms with Gasteiger partial charge in [-0.2, -0.15) is 0 Å². The zero-order valence-corrected chi connectivity index (χ0v) is 12.4. The van der Waals surface area contributed by atoms with Crippen molar-refractivity contribution in [1.29, 1.82) is 0 Å². The Morgan fingerprint density at radius 3 is 2.81 bits per heavy atom. The second-order valence-corrected chi connectivity index (χ2v) is 4.54. The molecule has 0 atom stereocenters. The van der Waals surface area contributed by atoms with Gasteiger partial charge in [0.2, 0.25) is 5.91 Å². The van der Waals surface area contributed by atoms with Crippen molar-refractivity contribution in [3.63, 3.8) is 0 Å². The van der Waals surface area contributed by atoms with Crippen LogP contribution in [-0.2, 0) is 4.79 Å². The van der Waals surface area contributed by atoms with Crippen LogP contribution in [0, 0.1) is 0 Å². The summed E-state index contributed by atoms with van der Waals surface area (Å²) in [6, 6.07) is 6.75. The first-order chi connectivity index (χ1) is 10.1. The van der Waals surface area contributed by atoms with Crippen LogP contribution >= 0.6 is 0 Å². The van der Waals surface area contributed by atoms with Gasteiger partial charge in [-0.25, -0.2) is 5.84 Å². The minimum atomic E-state index is -0.367. The van der Waals surface area contributed by atoms with Gasteiger partial charge in [0, 0.05) is 18.7 Å². The minimum absolute atomic E-state index is 0.0124. The lowest BCUT2D eigenvalue weighted by Gasteiger charge is -2.16. The molecule has 0 bridgehead atoms. The van der Waals surface area contributed by atoms with E-state index in [0.717, 1.165) is 0 Å². The first-order valence-electron chi connectivity index (χ1n) is 6.75. The average molecular weight is 294 g/mol. The Morgan fingerprint density at radius 1 is 1.38 bits per heavy atom. The smallest absolute Gasteiger partial charge is 0.265 e. The van der Waals surface area contributed by atoms with Crippen LogP contribution in [0.4, 0.5) is 0 Å². The summed E-state index contributed by atoms with van der Waals surface area (Å²) in [6.07, 6.45) is 0. The zero-order chi connectivity index (χ0) is 15.7. The predicted octanol–water partition coefficient (Wildman–Crippen LogP) is -0.263. The van der Waals surface area contributed by atoms with E-state index in [9.17, 15) is 9.59 Å². The zero-order valence-electron chi connectivity index (χ0n) is 12.4. The third kappa shape index (κ3) is 6.24. The van der Waals surface area contributed by atoms with Crippen molar-refractivity contribution in [2.75, 3.05) is 33.3 Å². The summed E-state index contributed by atoms with van der Waals surface area (Å²) in [6.45, 7) is 3.85. The monoisotopic (exact) mass is 294 g/mol. The van der Waals surface area contributed by atoms with Crippen molar-refractivity contribution < 1.29 is 14.3 Å². The Kier molecular flexibility index (Phi) is 7.20. The first-order valence-corrected chi connectivity index (χ1v) is 6.75. The van der Waals surface area contributed by atoms with Gasteiger partial charge in [0.15, 0.2) is 0 Å². The number of nitrogens with two attached hydrogens (primary N) is 1. The molecular formula is C14H22N4O3. The fourth-order valence-electron chi connectivity index (χ4n) is 1.71. The minimum Gasteiger partial charge on any atom is -0.492 e. The first kappa shape index (κ1) is 16.9. The van der Waals surface area contributed by atoms with E-state index in [1.807, 2.05) is 18.9 Å². The van der Waals surface area contributed by atoms with Gasteiger partial charge in [0.25, 0.3) is 5.91 Å². The molecule has 0 aliphatic carbocycles. The van der Waals surface area contributed by atoms with E-state index in [0.29, 0.717) is 37.6 Å². The molecule has 0 saturated carbocycles. The lowest BCUT2D eigenvalue weighted by molar-refractivity contribution is -0.121. The molecule has 0 aliphatic heterocycles. The van der Waals surface area contributed by atoms with Crippen molar-refractivity contribution in [2.45, 2.75) is 6.92 Å². The van der Waals surface area contributed by atoms with Gasteiger partial charge >= 0.3 is 0 Å². The van der Waals surface area contributed by atoms with Crippen LogP contribution in [0.1, 0.15) is 17.3 Å². The molecular weight excluding hydrogens is 272 g/mol. The number of amides is 2. The van der Waals surface area contributed by atoms with Gasteiger partial charge < -0.3 is 10.1 Å². The number of nitrogen functional groups attached to an aromatic ring is 1. The van der Waals surface area contributed by atoms with Crippen molar-refractivity contribution in [3.05, 3.63) is 29.8 Å². The summed E-state index contributed by atoms with van der Waals surface area (Å²) in [5.74, 6) is 5.29. The number of hydrogen-bond donors (Lipinski definition) is 3. The number of benzene rings is 1. The van der Waals surface area contributed by atoms with Crippen LogP contribution in [0.25, 0.3) is 0 Å². The maximum absolute atomic E-state index is 11.4. The number of carbonyl (C=O) groups is 2. The Morgan fingerprint density at radius 2 is 2.14 bits per heavy atom. The molecule has 1 aromatic carbocycles. The molecule has 0 fully saturated rings. The van der Waals surface area contributed by atoms with E-state index in [1.165, 1.54) is 0 Å². The average Bonchev–Trinajstić information content (AvgIpc) is 2.47. The summed E-state index contributed by atoms with van der Waals surface area (Å²) in [4.78, 5) is 24.6. The largest absolute Gasteiger partial charge is 0.492 e. The van der Waals surface area contributed by atoms with E-state index >= 15 is 0 Å². The van der Waals surface area contributed by atoms with Gasteiger partial charge in [-0.05, 0) is 32.2 Å². The van der Waals surface area contributed by atoms with Gasteiger partial charge in [-0.1, -0.05) is 6.07 Å². The fraction of sp³-hybridized carbons (Fsp3) is 0.429. The third-order valence-electron chi connectivity index (χ3n) is 2.76. The maximum Gasteiger partial charge on any atom is 0.265 e. The second-order valence-electron chi connectivity index (χ2n) is 4.54. The fourth-order valence-corrected chi connectivity index (χ4v) is 1.71. The van der Waals surface area contributed by atoms with Crippen LogP contribution < -0.4 is 21.3 Å². The van der Waals surface area contributed by atoms with Crippen molar-refractivity contribution in [2.24, 2.45) is 5.84 Å². The molecule has 1 aromatic rings. The molecule has 0 aromatic heterocycles. The van der Waals surface area contributed by atoms with Crippen molar-refractivity contribution in [1.82, 2.24) is 15.6 Å². The Hall–Kier alpha value is -2.12. The number of nitrogens with one attached hydrogen (secondary N) is 2. The molecule has 7 nitrogen and oxygen atoms in total. The van der Waals surface area contributed by atoms with Crippen LogP contribution in [0.2, 0.25) is 0 Å². The molecule has 7 heteroatoms. The highest BCUT2D eigenvalue weighted by molar-refractivity contribution is 5.94. The highest BCUT2D eigenvalue weighted by atomic mass is 16.5.